The molecule has 0 aliphatic rings. The molecule has 0 saturated carbocycles. The van der Waals surface area contributed by atoms with Crippen molar-refractivity contribution in [2.75, 3.05) is 6.54 Å². The van der Waals surface area contributed by atoms with Crippen molar-refractivity contribution in [2.24, 2.45) is 0 Å². The highest BCUT2D eigenvalue weighted by atomic mass is 79.9. The van der Waals surface area contributed by atoms with Crippen molar-refractivity contribution in [3.05, 3.63) is 73.4 Å². The third-order valence-corrected chi connectivity index (χ3v) is 5.53. The number of aryl methyl sites for hydroxylation is 1. The number of halogens is 2. The minimum atomic E-state index is -0.499. The van der Waals surface area contributed by atoms with Crippen LogP contribution in [-0.4, -0.2) is 31.6 Å². The van der Waals surface area contributed by atoms with Gasteiger partial charge in [-0.2, -0.15) is 0 Å². The van der Waals surface area contributed by atoms with Crippen LogP contribution in [0.15, 0.2) is 51.7 Å². The van der Waals surface area contributed by atoms with E-state index < -0.39 is 5.82 Å². The van der Waals surface area contributed by atoms with Crippen molar-refractivity contribution in [3.63, 3.8) is 0 Å². The first-order valence-corrected chi connectivity index (χ1v) is 10.4. The molecular formula is C20H17BrFN5O2S. The maximum atomic E-state index is 13.7. The van der Waals surface area contributed by atoms with E-state index in [0.717, 1.165) is 10.0 Å². The molecule has 154 valence electrons. The lowest BCUT2D eigenvalue weighted by atomic mass is 10.1. The van der Waals surface area contributed by atoms with E-state index in [1.54, 1.807) is 4.40 Å². The number of hydrogen-bond donors (Lipinski definition) is 2. The summed E-state index contributed by atoms with van der Waals surface area (Å²) in [5.41, 5.74) is 1.05. The van der Waals surface area contributed by atoms with E-state index in [4.69, 9.17) is 12.2 Å². The standard InChI is InChI=1S/C20H17BrFN5O2S/c21-13-4-2-12(3-5-13)10-17(28)23-8-1-9-26-18(29)15-11-14(22)6-7-16(15)27-19(26)24-25-20(27)30/h2-7,11H,1,8-10H2,(H,23,28)(H,25,30). The second-order valence-corrected chi connectivity index (χ2v) is 8.09. The number of carbonyl (C=O) groups is 1. The molecule has 2 N–H and O–H groups in total. The molecule has 7 nitrogen and oxygen atoms in total. The minimum absolute atomic E-state index is 0.0996. The second-order valence-electron chi connectivity index (χ2n) is 6.79. The largest absolute Gasteiger partial charge is 0.356 e. The van der Waals surface area contributed by atoms with Gasteiger partial charge in [-0.25, -0.2) is 9.49 Å². The molecule has 2 aromatic heterocycles. The van der Waals surface area contributed by atoms with Gasteiger partial charge in [-0.15, -0.1) is 5.10 Å². The minimum Gasteiger partial charge on any atom is -0.356 e. The molecule has 2 aromatic carbocycles. The summed E-state index contributed by atoms with van der Waals surface area (Å²) in [7, 11) is 0. The molecular weight excluding hydrogens is 473 g/mol. The number of fused-ring (bicyclic) bond motifs is 3. The van der Waals surface area contributed by atoms with Crippen molar-refractivity contribution in [1.82, 2.24) is 24.5 Å². The molecule has 0 aliphatic carbocycles. The average molecular weight is 490 g/mol. The molecule has 10 heteroatoms. The molecule has 0 atom stereocenters. The van der Waals surface area contributed by atoms with Crippen molar-refractivity contribution in [2.45, 2.75) is 19.4 Å². The van der Waals surface area contributed by atoms with Crippen LogP contribution in [0.4, 0.5) is 4.39 Å². The fraction of sp³-hybridized carbons (Fsp3) is 0.200. The number of aromatic nitrogens is 4. The van der Waals surface area contributed by atoms with Crippen LogP contribution >= 0.6 is 28.1 Å². The summed E-state index contributed by atoms with van der Waals surface area (Å²) < 4.78 is 18.0. The molecule has 2 heterocycles. The topological polar surface area (TPSA) is 84.2 Å². The Morgan fingerprint density at radius 3 is 2.77 bits per heavy atom. The quantitative estimate of drug-likeness (QED) is 0.321. The number of nitrogens with one attached hydrogen (secondary N) is 2. The van der Waals surface area contributed by atoms with Gasteiger partial charge in [0, 0.05) is 17.6 Å². The van der Waals surface area contributed by atoms with Crippen LogP contribution in [0.5, 0.6) is 0 Å². The first-order chi connectivity index (χ1) is 14.4. The van der Waals surface area contributed by atoms with Crippen LogP contribution in [0.1, 0.15) is 12.0 Å². The van der Waals surface area contributed by atoms with Crippen LogP contribution < -0.4 is 10.9 Å². The smallest absolute Gasteiger partial charge is 0.262 e. The molecule has 0 radical (unpaired) electrons. The summed E-state index contributed by atoms with van der Waals surface area (Å²) >= 11 is 8.63. The summed E-state index contributed by atoms with van der Waals surface area (Å²) in [6, 6.07) is 11.5. The average Bonchev–Trinajstić information content (AvgIpc) is 3.10. The number of benzene rings is 2. The van der Waals surface area contributed by atoms with Crippen molar-refractivity contribution >= 4 is 50.7 Å². The zero-order chi connectivity index (χ0) is 21.3. The maximum Gasteiger partial charge on any atom is 0.262 e. The third kappa shape index (κ3) is 4.05. The Morgan fingerprint density at radius 1 is 1.23 bits per heavy atom. The Bertz CT molecular complexity index is 1360. The summed E-state index contributed by atoms with van der Waals surface area (Å²) in [5, 5.41) is 9.91. The van der Waals surface area contributed by atoms with Crippen LogP contribution in [0.3, 0.4) is 0 Å². The number of H-pyrrole nitrogens is 1. The molecule has 1 amide bonds. The van der Waals surface area contributed by atoms with Gasteiger partial charge in [-0.1, -0.05) is 28.1 Å². The highest BCUT2D eigenvalue weighted by Gasteiger charge is 2.14. The Kier molecular flexibility index (Phi) is 5.78. The zero-order valence-electron chi connectivity index (χ0n) is 15.7. The second kappa shape index (κ2) is 8.49. The van der Waals surface area contributed by atoms with Gasteiger partial charge < -0.3 is 5.32 Å². The highest BCUT2D eigenvalue weighted by molar-refractivity contribution is 9.10. The Hall–Kier alpha value is -2.85. The van der Waals surface area contributed by atoms with E-state index in [-0.39, 0.29) is 23.3 Å². The van der Waals surface area contributed by atoms with Gasteiger partial charge in [0.05, 0.1) is 17.3 Å². The number of nitrogens with zero attached hydrogens (tertiary/aromatic N) is 3. The lowest BCUT2D eigenvalue weighted by Gasteiger charge is -2.11. The van der Waals surface area contributed by atoms with Crippen LogP contribution in [0, 0.1) is 10.6 Å². The molecule has 0 saturated heterocycles. The predicted octanol–water partition coefficient (Wildman–Crippen LogP) is 3.36. The first kappa shape index (κ1) is 20.4. The number of hydrogen-bond acceptors (Lipinski definition) is 4. The number of aromatic amines is 1. The molecule has 0 spiro atoms. The SMILES string of the molecule is O=C(Cc1ccc(Br)cc1)NCCCn1c(=O)c2cc(F)ccc2n2c(=S)[nH]nc12. The van der Waals surface area contributed by atoms with Gasteiger partial charge in [0.15, 0.2) is 0 Å². The van der Waals surface area contributed by atoms with Crippen LogP contribution in [0.2, 0.25) is 0 Å². The lowest BCUT2D eigenvalue weighted by molar-refractivity contribution is -0.120. The van der Waals surface area contributed by atoms with E-state index in [1.165, 1.54) is 22.8 Å². The number of amides is 1. The fourth-order valence-electron chi connectivity index (χ4n) is 3.31. The monoisotopic (exact) mass is 489 g/mol. The van der Waals surface area contributed by atoms with Gasteiger partial charge in [-0.3, -0.25) is 18.6 Å². The van der Waals surface area contributed by atoms with Crippen LogP contribution in [0.25, 0.3) is 16.7 Å². The van der Waals surface area contributed by atoms with Crippen molar-refractivity contribution in [3.8, 4) is 0 Å². The molecule has 0 fully saturated rings. The lowest BCUT2D eigenvalue weighted by Crippen LogP contribution is -2.29. The molecule has 30 heavy (non-hydrogen) atoms. The Labute approximate surface area is 183 Å². The number of carbonyl (C=O) groups excluding carboxylic acids is 1. The third-order valence-electron chi connectivity index (χ3n) is 4.73. The summed E-state index contributed by atoms with van der Waals surface area (Å²) in [4.78, 5) is 25.0. The van der Waals surface area contributed by atoms with E-state index in [0.29, 0.717) is 35.6 Å². The summed E-state index contributed by atoms with van der Waals surface area (Å²) in [6.45, 7) is 0.688. The number of rotatable bonds is 6. The fourth-order valence-corrected chi connectivity index (χ4v) is 3.80. The maximum absolute atomic E-state index is 13.7. The van der Waals surface area contributed by atoms with Crippen molar-refractivity contribution < 1.29 is 9.18 Å². The first-order valence-electron chi connectivity index (χ1n) is 9.24. The van der Waals surface area contributed by atoms with E-state index >= 15 is 0 Å². The molecule has 4 rings (SSSR count). The van der Waals surface area contributed by atoms with Crippen LogP contribution in [-0.2, 0) is 17.8 Å². The molecule has 0 unspecified atom stereocenters. The van der Waals surface area contributed by atoms with Gasteiger partial charge in [0.1, 0.15) is 5.82 Å². The van der Waals surface area contributed by atoms with Crippen molar-refractivity contribution in [1.29, 1.82) is 0 Å². The van der Waals surface area contributed by atoms with Gasteiger partial charge in [-0.05, 0) is 54.5 Å². The summed E-state index contributed by atoms with van der Waals surface area (Å²) in [6.07, 6.45) is 0.781. The predicted molar refractivity (Wildman–Crippen MR) is 118 cm³/mol. The normalized spacial score (nSPS) is 11.3. The van der Waals surface area contributed by atoms with E-state index in [1.807, 2.05) is 24.3 Å². The Balaban J connectivity index is 1.49. The van der Waals surface area contributed by atoms with Gasteiger partial charge in [0.2, 0.25) is 16.5 Å². The molecule has 0 aliphatic heterocycles. The summed E-state index contributed by atoms with van der Waals surface area (Å²) in [5.74, 6) is -0.247. The van der Waals surface area contributed by atoms with E-state index in [9.17, 15) is 14.0 Å². The van der Waals surface area contributed by atoms with Gasteiger partial charge >= 0.3 is 0 Å². The molecule has 0 bridgehead atoms. The zero-order valence-corrected chi connectivity index (χ0v) is 18.1. The van der Waals surface area contributed by atoms with Gasteiger partial charge in [0.25, 0.3) is 5.56 Å². The Morgan fingerprint density at radius 2 is 2.00 bits per heavy atom. The van der Waals surface area contributed by atoms with E-state index in [2.05, 4.69) is 31.4 Å². The highest BCUT2D eigenvalue weighted by Crippen LogP contribution is 2.15. The molecule has 4 aromatic rings.